The lowest BCUT2D eigenvalue weighted by Gasteiger charge is -2.33. The van der Waals surface area contributed by atoms with Crippen molar-refractivity contribution in [3.63, 3.8) is 0 Å². The van der Waals surface area contributed by atoms with Crippen molar-refractivity contribution in [2.45, 2.75) is 91.8 Å². The van der Waals surface area contributed by atoms with Crippen LogP contribution in [0.4, 0.5) is 22.4 Å². The van der Waals surface area contributed by atoms with Crippen LogP contribution in [-0.2, 0) is 4.74 Å². The van der Waals surface area contributed by atoms with Gasteiger partial charge in [0.15, 0.2) is 21.8 Å². The average molecular weight is 912 g/mol. The van der Waals surface area contributed by atoms with Gasteiger partial charge in [0.2, 0.25) is 0 Å². The van der Waals surface area contributed by atoms with Crippen LogP contribution in [0, 0.1) is 35.1 Å². The highest BCUT2D eigenvalue weighted by Crippen LogP contribution is 2.35. The monoisotopic (exact) mass is 910 g/mol. The van der Waals surface area contributed by atoms with E-state index in [9.17, 15) is 22.4 Å². The maximum atomic E-state index is 14.5. The molecule has 0 aliphatic rings. The molecule has 1 amide bonds. The molecule has 2 aromatic carbocycles. The first-order valence-electron chi connectivity index (χ1n) is 20.3. The summed E-state index contributed by atoms with van der Waals surface area (Å²) >= 11 is 12.7. The van der Waals surface area contributed by atoms with Gasteiger partial charge in [-0.3, -0.25) is 9.97 Å². The maximum absolute atomic E-state index is 14.5. The van der Waals surface area contributed by atoms with Crippen LogP contribution in [0.25, 0.3) is 44.3 Å². The number of nitrogens with two attached hydrogens (primary N) is 1. The number of benzene rings is 2. The number of rotatable bonds is 13. The minimum absolute atomic E-state index is 0.0687. The van der Waals surface area contributed by atoms with Gasteiger partial charge in [-0.2, -0.15) is 0 Å². The fourth-order valence-electron chi connectivity index (χ4n) is 7.26. The number of aromatic nitrogens is 4. The number of carbonyl (C=O) groups excluding carboxylic acids is 1. The van der Waals surface area contributed by atoms with E-state index in [2.05, 4.69) is 39.1 Å². The largest absolute Gasteiger partial charge is 0.488 e. The van der Waals surface area contributed by atoms with E-state index in [0.29, 0.717) is 46.4 Å². The second-order valence-corrected chi connectivity index (χ2v) is 18.6. The SMILES string of the molecule is CC(C)C[C@@](C)(COc1ccc(-c2ccnc3cc(F)cc(F)c23)nc1Cl)NC(=O)OC(C)(C)C.CC(C)C[C@](C)(N)COc1ccc(-c2ccnc3cc(F)cc(F)c23)nc1Cl. The van der Waals surface area contributed by atoms with Crippen molar-refractivity contribution in [1.82, 2.24) is 25.3 Å². The Kier molecular flexibility index (Phi) is 15.5. The lowest BCUT2D eigenvalue weighted by atomic mass is 9.91. The first kappa shape index (κ1) is 48.7. The third-order valence-electron chi connectivity index (χ3n) is 9.34. The van der Waals surface area contributed by atoms with Crippen LogP contribution in [0.2, 0.25) is 10.3 Å². The van der Waals surface area contributed by atoms with Gasteiger partial charge < -0.3 is 25.3 Å². The Morgan fingerprint density at radius 3 is 1.54 bits per heavy atom. The van der Waals surface area contributed by atoms with E-state index in [1.54, 1.807) is 57.2 Å². The van der Waals surface area contributed by atoms with Gasteiger partial charge >= 0.3 is 6.09 Å². The Labute approximate surface area is 374 Å². The number of ether oxygens (including phenoxy) is 3. The zero-order chi connectivity index (χ0) is 46.4. The number of fused-ring (bicyclic) bond motifs is 2. The second kappa shape index (κ2) is 20.0. The van der Waals surface area contributed by atoms with Crippen LogP contribution in [0.5, 0.6) is 11.5 Å². The van der Waals surface area contributed by atoms with E-state index in [4.69, 9.17) is 43.1 Å². The van der Waals surface area contributed by atoms with E-state index >= 15 is 0 Å². The van der Waals surface area contributed by atoms with Crippen molar-refractivity contribution in [1.29, 1.82) is 0 Å². The van der Waals surface area contributed by atoms with Gasteiger partial charge in [-0.15, -0.1) is 0 Å². The van der Waals surface area contributed by atoms with Crippen molar-refractivity contribution in [2.24, 2.45) is 17.6 Å². The molecule has 336 valence electrons. The summed E-state index contributed by atoms with van der Waals surface area (Å²) in [6.45, 7) is 17.9. The van der Waals surface area contributed by atoms with E-state index in [-0.39, 0.29) is 51.2 Å². The standard InChI is InChI=1S/C26H30ClF2N3O3.C21H22ClF2N3O/c1-15(2)13-26(6,32-24(33)35-25(3,4)5)14-34-21-8-7-19(31-23(21)27)17-9-10-30-20-12-16(28)11-18(29)22(17)20;1-12(2)10-21(3,25)11-28-18-5-4-16(27-20(18)22)14-6-7-26-17-9-13(23)8-15(24)19(14)17/h7-12,15H,13-14H2,1-6H3,(H,32,33);4-9,12H,10-11,25H2,1-3H3/t26-;21-/m00/s1. The predicted octanol–water partition coefficient (Wildman–Crippen LogP) is 12.3. The zero-order valence-electron chi connectivity index (χ0n) is 36.7. The smallest absolute Gasteiger partial charge is 0.408 e. The minimum Gasteiger partial charge on any atom is -0.488 e. The molecule has 0 aliphatic carbocycles. The third kappa shape index (κ3) is 13.4. The van der Waals surface area contributed by atoms with Gasteiger partial charge in [-0.25, -0.2) is 32.3 Å². The molecule has 0 saturated heterocycles. The number of carbonyl (C=O) groups is 1. The van der Waals surface area contributed by atoms with Gasteiger partial charge in [-0.05, 0) is 95.7 Å². The van der Waals surface area contributed by atoms with E-state index in [1.807, 2.05) is 27.7 Å². The summed E-state index contributed by atoms with van der Waals surface area (Å²) in [6.07, 6.45) is 3.83. The zero-order valence-corrected chi connectivity index (χ0v) is 38.2. The molecule has 4 heterocycles. The quantitative estimate of drug-likeness (QED) is 0.0858. The highest BCUT2D eigenvalue weighted by molar-refractivity contribution is 6.31. The normalized spacial score (nSPS) is 13.6. The van der Waals surface area contributed by atoms with Crippen LogP contribution < -0.4 is 20.5 Å². The van der Waals surface area contributed by atoms with Gasteiger partial charge in [0, 0.05) is 64.1 Å². The molecule has 3 N–H and O–H groups in total. The molecule has 16 heteroatoms. The molecule has 2 atom stereocenters. The molecule has 6 aromatic rings. The number of nitrogens with one attached hydrogen (secondary N) is 1. The number of hydrogen-bond acceptors (Lipinski definition) is 9. The number of alkyl carbamates (subject to hydrolysis) is 1. The van der Waals surface area contributed by atoms with Crippen LogP contribution in [0.1, 0.15) is 75.2 Å². The molecule has 0 aliphatic heterocycles. The number of nitrogens with zero attached hydrogens (tertiary/aromatic N) is 4. The summed E-state index contributed by atoms with van der Waals surface area (Å²) in [5.41, 5.74) is 6.52. The third-order valence-corrected chi connectivity index (χ3v) is 9.88. The van der Waals surface area contributed by atoms with Crippen LogP contribution >= 0.6 is 23.2 Å². The Balaban J connectivity index is 0.000000243. The Morgan fingerprint density at radius 1 is 0.683 bits per heavy atom. The van der Waals surface area contributed by atoms with E-state index in [0.717, 1.165) is 24.6 Å². The summed E-state index contributed by atoms with van der Waals surface area (Å²) in [6, 6.07) is 13.8. The lowest BCUT2D eigenvalue weighted by Crippen LogP contribution is -2.52. The molecule has 0 fully saturated rings. The summed E-state index contributed by atoms with van der Waals surface area (Å²) in [5, 5.41) is 3.46. The molecular weight excluding hydrogens is 859 g/mol. The molecule has 0 saturated carbocycles. The number of amides is 1. The van der Waals surface area contributed by atoms with Gasteiger partial charge in [0.1, 0.15) is 42.1 Å². The summed E-state index contributed by atoms with van der Waals surface area (Å²) in [5.74, 6) is -1.42. The number of hydrogen-bond donors (Lipinski definition) is 2. The Bertz CT molecular complexity index is 2590. The van der Waals surface area contributed by atoms with Gasteiger partial charge in [-0.1, -0.05) is 50.9 Å². The molecule has 0 radical (unpaired) electrons. The molecular formula is C47H52Cl2F4N6O4. The molecule has 6 rings (SSSR count). The van der Waals surface area contributed by atoms with Crippen molar-refractivity contribution >= 4 is 51.1 Å². The molecule has 0 bridgehead atoms. The van der Waals surface area contributed by atoms with Crippen molar-refractivity contribution in [3.8, 4) is 34.0 Å². The van der Waals surface area contributed by atoms with E-state index < -0.39 is 46.0 Å². The average Bonchev–Trinajstić information content (AvgIpc) is 3.14. The highest BCUT2D eigenvalue weighted by Gasteiger charge is 2.31. The molecule has 0 spiro atoms. The lowest BCUT2D eigenvalue weighted by molar-refractivity contribution is 0.0408. The molecule has 10 nitrogen and oxygen atoms in total. The van der Waals surface area contributed by atoms with E-state index in [1.165, 1.54) is 18.5 Å². The van der Waals surface area contributed by atoms with Crippen molar-refractivity contribution in [3.05, 3.63) is 107 Å². The Morgan fingerprint density at radius 2 is 1.13 bits per heavy atom. The fourth-order valence-corrected chi connectivity index (χ4v) is 7.68. The molecule has 63 heavy (non-hydrogen) atoms. The molecule has 4 aromatic heterocycles. The summed E-state index contributed by atoms with van der Waals surface area (Å²) < 4.78 is 73.1. The topological polar surface area (TPSA) is 134 Å². The number of pyridine rings is 4. The number of halogens is 6. The summed E-state index contributed by atoms with van der Waals surface area (Å²) in [4.78, 5) is 29.2. The minimum atomic E-state index is -0.737. The van der Waals surface area contributed by atoms with Gasteiger partial charge in [0.25, 0.3) is 0 Å². The second-order valence-electron chi connectivity index (χ2n) is 17.9. The first-order valence-corrected chi connectivity index (χ1v) is 21.0. The molecule has 0 unspecified atom stereocenters. The maximum Gasteiger partial charge on any atom is 0.408 e. The van der Waals surface area contributed by atoms with Crippen LogP contribution in [0.3, 0.4) is 0 Å². The van der Waals surface area contributed by atoms with Crippen molar-refractivity contribution in [2.75, 3.05) is 13.2 Å². The first-order chi connectivity index (χ1) is 29.4. The predicted molar refractivity (Wildman–Crippen MR) is 240 cm³/mol. The fraction of sp³-hybridized carbons (Fsp3) is 0.383. The highest BCUT2D eigenvalue weighted by atomic mass is 35.5. The van der Waals surface area contributed by atoms with Crippen molar-refractivity contribution < 1.29 is 36.6 Å². The van der Waals surface area contributed by atoms with Crippen LogP contribution in [-0.4, -0.2) is 55.9 Å². The Hall–Kier alpha value is -5.31. The summed E-state index contributed by atoms with van der Waals surface area (Å²) in [7, 11) is 0. The van der Waals surface area contributed by atoms with Crippen LogP contribution in [0.15, 0.2) is 73.1 Å². The van der Waals surface area contributed by atoms with Gasteiger partial charge in [0.05, 0.1) is 28.0 Å².